The SMILES string of the molecule is Cc1c(C)c2ccc3c(c2oc1=O)C(OC(=O)C12CCC(C)(C(=O)O1)C2(C)C)C(OC(=O)C12CCC(C)(C(=O)O1)C2(C)C)C(C)(C)O3. The lowest BCUT2D eigenvalue weighted by atomic mass is 9.66. The van der Waals surface area contributed by atoms with Gasteiger partial charge >= 0.3 is 29.5 Å². The van der Waals surface area contributed by atoms with Crippen molar-refractivity contribution < 1.29 is 47.3 Å². The molecule has 5 aliphatic rings. The number of benzene rings is 1. The average Bonchev–Trinajstić information content (AvgIpc) is 3.45. The van der Waals surface area contributed by atoms with Gasteiger partial charge in [-0.25, -0.2) is 14.4 Å². The minimum atomic E-state index is -1.59. The molecule has 2 saturated heterocycles. The second kappa shape index (κ2) is 8.96. The Morgan fingerprint density at radius 2 is 1.21 bits per heavy atom. The predicted molar refractivity (Wildman–Crippen MR) is 165 cm³/mol. The van der Waals surface area contributed by atoms with Gasteiger partial charge in [0.25, 0.3) is 0 Å². The van der Waals surface area contributed by atoms with Crippen molar-refractivity contribution in [2.45, 2.75) is 124 Å². The number of rotatable bonds is 4. The van der Waals surface area contributed by atoms with E-state index in [9.17, 15) is 24.0 Å². The van der Waals surface area contributed by atoms with Crippen LogP contribution >= 0.6 is 0 Å². The van der Waals surface area contributed by atoms with Gasteiger partial charge in [0.05, 0.1) is 16.4 Å². The lowest BCUT2D eigenvalue weighted by Crippen LogP contribution is -2.57. The van der Waals surface area contributed by atoms with E-state index >= 15 is 0 Å². The molecule has 2 aromatic rings. The number of hydrogen-bond donors (Lipinski definition) is 0. The van der Waals surface area contributed by atoms with E-state index in [1.807, 2.05) is 27.7 Å². The van der Waals surface area contributed by atoms with Gasteiger partial charge in [-0.2, -0.15) is 0 Å². The summed E-state index contributed by atoms with van der Waals surface area (Å²) in [6, 6.07) is 3.47. The van der Waals surface area contributed by atoms with E-state index in [0.717, 1.165) is 0 Å². The van der Waals surface area contributed by atoms with E-state index in [0.29, 0.717) is 29.4 Å². The molecule has 11 heteroatoms. The molecule has 47 heavy (non-hydrogen) atoms. The summed E-state index contributed by atoms with van der Waals surface area (Å²) in [6.07, 6.45) is -1.28. The third-order valence-electron chi connectivity index (χ3n) is 13.5. The number of carbonyl (C=O) groups excluding carboxylic acids is 4. The molecule has 6 unspecified atom stereocenters. The van der Waals surface area contributed by atoms with E-state index in [1.54, 1.807) is 53.7 Å². The molecular formula is C36H42O11. The molecule has 4 bridgehead atoms. The van der Waals surface area contributed by atoms with Crippen LogP contribution in [0.3, 0.4) is 0 Å². The molecule has 1 aromatic heterocycles. The highest BCUT2D eigenvalue weighted by molar-refractivity contribution is 5.95. The van der Waals surface area contributed by atoms with Gasteiger partial charge in [-0.3, -0.25) is 9.59 Å². The van der Waals surface area contributed by atoms with Crippen molar-refractivity contribution >= 4 is 34.8 Å². The Hall–Kier alpha value is -3.89. The van der Waals surface area contributed by atoms with Crippen LogP contribution in [-0.2, 0) is 38.1 Å². The van der Waals surface area contributed by atoms with Crippen LogP contribution in [0.5, 0.6) is 5.75 Å². The number of carbonyl (C=O) groups is 4. The van der Waals surface area contributed by atoms with Crippen LogP contribution in [0.1, 0.15) is 104 Å². The molecule has 11 nitrogen and oxygen atoms in total. The van der Waals surface area contributed by atoms with E-state index in [1.165, 1.54) is 0 Å². The molecular weight excluding hydrogens is 608 g/mol. The van der Waals surface area contributed by atoms with Crippen LogP contribution in [-0.4, -0.2) is 46.8 Å². The average molecular weight is 651 g/mol. The number of esters is 4. The summed E-state index contributed by atoms with van der Waals surface area (Å²) >= 11 is 0. The van der Waals surface area contributed by atoms with Crippen molar-refractivity contribution in [2.75, 3.05) is 0 Å². The maximum absolute atomic E-state index is 14.5. The fraction of sp³-hybridized carbons (Fsp3) is 0.639. The summed E-state index contributed by atoms with van der Waals surface area (Å²) in [4.78, 5) is 68.0. The lowest BCUT2D eigenvalue weighted by Gasteiger charge is -2.45. The summed E-state index contributed by atoms with van der Waals surface area (Å²) < 4.78 is 36.7. The van der Waals surface area contributed by atoms with E-state index < -0.39 is 80.2 Å². The molecule has 2 aliphatic carbocycles. The quantitative estimate of drug-likeness (QED) is 0.241. The van der Waals surface area contributed by atoms with Gasteiger partial charge in [-0.1, -0.05) is 27.7 Å². The first kappa shape index (κ1) is 31.7. The monoisotopic (exact) mass is 650 g/mol. The van der Waals surface area contributed by atoms with Crippen LogP contribution < -0.4 is 10.4 Å². The molecule has 3 aliphatic heterocycles. The Balaban J connectivity index is 1.38. The highest BCUT2D eigenvalue weighted by Crippen LogP contribution is 2.67. The number of fused-ring (bicyclic) bond motifs is 7. The zero-order chi connectivity index (χ0) is 34.5. The molecule has 252 valence electrons. The second-order valence-electron chi connectivity index (χ2n) is 16.2. The van der Waals surface area contributed by atoms with Gasteiger partial charge in [0, 0.05) is 21.8 Å². The zero-order valence-corrected chi connectivity index (χ0v) is 28.6. The number of aryl methyl sites for hydroxylation is 1. The largest absolute Gasteiger partial charge is 0.483 e. The topological polar surface area (TPSA) is 145 Å². The van der Waals surface area contributed by atoms with Crippen molar-refractivity contribution in [2.24, 2.45) is 21.7 Å². The molecule has 0 amide bonds. The Morgan fingerprint density at radius 3 is 1.68 bits per heavy atom. The molecule has 2 saturated carbocycles. The first-order valence-electron chi connectivity index (χ1n) is 16.3. The summed E-state index contributed by atoms with van der Waals surface area (Å²) in [5.41, 5.74) is -7.21. The Morgan fingerprint density at radius 1 is 0.702 bits per heavy atom. The van der Waals surface area contributed by atoms with Gasteiger partial charge in [0.2, 0.25) is 11.2 Å². The normalized spacial score (nSPS) is 36.8. The molecule has 7 rings (SSSR count). The minimum absolute atomic E-state index is 0.126. The number of ether oxygens (including phenoxy) is 5. The van der Waals surface area contributed by atoms with E-state index in [2.05, 4.69) is 0 Å². The minimum Gasteiger partial charge on any atom is -0.483 e. The van der Waals surface area contributed by atoms with Crippen LogP contribution in [0, 0.1) is 35.5 Å². The van der Waals surface area contributed by atoms with Crippen LogP contribution in [0.2, 0.25) is 0 Å². The Kier molecular flexibility index (Phi) is 6.04. The molecule has 0 N–H and O–H groups in total. The fourth-order valence-electron chi connectivity index (χ4n) is 8.88. The van der Waals surface area contributed by atoms with Crippen LogP contribution in [0.15, 0.2) is 21.3 Å². The maximum Gasteiger partial charge on any atom is 0.351 e. The first-order valence-corrected chi connectivity index (χ1v) is 16.3. The van der Waals surface area contributed by atoms with Gasteiger partial charge in [0.1, 0.15) is 16.9 Å². The Bertz CT molecular complexity index is 1880. The Labute approximate surface area is 272 Å². The van der Waals surface area contributed by atoms with E-state index in [-0.39, 0.29) is 29.7 Å². The molecule has 0 spiro atoms. The third kappa shape index (κ3) is 3.45. The summed E-state index contributed by atoms with van der Waals surface area (Å²) in [6.45, 7) is 17.7. The summed E-state index contributed by atoms with van der Waals surface area (Å²) in [5.74, 6) is -2.25. The first-order chi connectivity index (χ1) is 21.6. The molecule has 4 fully saturated rings. The van der Waals surface area contributed by atoms with E-state index in [4.69, 9.17) is 28.1 Å². The van der Waals surface area contributed by atoms with Crippen LogP contribution in [0.25, 0.3) is 11.0 Å². The smallest absolute Gasteiger partial charge is 0.351 e. The summed E-state index contributed by atoms with van der Waals surface area (Å²) in [7, 11) is 0. The maximum atomic E-state index is 14.5. The lowest BCUT2D eigenvalue weighted by molar-refractivity contribution is -0.217. The van der Waals surface area contributed by atoms with Crippen molar-refractivity contribution in [1.82, 2.24) is 0 Å². The molecule has 0 radical (unpaired) electrons. The standard InChI is InChI=1S/C36H42O11/c1-17-18(2)25(37)42-22-19(17)11-12-20-21(22)23(43-28(40)35-15-13-33(9,26(38)46-35)31(35,5)6)24(30(3,4)45-20)44-29(41)36-16-14-34(10,27(39)47-36)32(36,7)8/h11-12,23-24H,13-16H2,1-10H3. The molecule has 4 heterocycles. The van der Waals surface area contributed by atoms with Gasteiger partial charge in [-0.05, 0) is 84.9 Å². The van der Waals surface area contributed by atoms with Gasteiger partial charge < -0.3 is 28.1 Å². The van der Waals surface area contributed by atoms with Crippen molar-refractivity contribution in [3.63, 3.8) is 0 Å². The molecule has 6 atom stereocenters. The van der Waals surface area contributed by atoms with Gasteiger partial charge in [-0.15, -0.1) is 0 Å². The molecule has 1 aromatic carbocycles. The highest BCUT2D eigenvalue weighted by atomic mass is 16.7. The van der Waals surface area contributed by atoms with Crippen molar-refractivity contribution in [3.05, 3.63) is 39.2 Å². The highest BCUT2D eigenvalue weighted by Gasteiger charge is 2.78. The van der Waals surface area contributed by atoms with Crippen molar-refractivity contribution in [1.29, 1.82) is 0 Å². The third-order valence-corrected chi connectivity index (χ3v) is 13.5. The predicted octanol–water partition coefficient (Wildman–Crippen LogP) is 5.32. The van der Waals surface area contributed by atoms with Crippen LogP contribution in [0.4, 0.5) is 0 Å². The zero-order valence-electron chi connectivity index (χ0n) is 28.6. The second-order valence-corrected chi connectivity index (χ2v) is 16.2. The summed E-state index contributed by atoms with van der Waals surface area (Å²) in [5, 5.41) is 0.588. The fourth-order valence-corrected chi connectivity index (χ4v) is 8.88. The number of hydrogen-bond acceptors (Lipinski definition) is 11. The van der Waals surface area contributed by atoms with Crippen molar-refractivity contribution in [3.8, 4) is 5.75 Å². The van der Waals surface area contributed by atoms with Gasteiger partial charge in [0.15, 0.2) is 12.2 Å².